The Morgan fingerprint density at radius 3 is 2.66 bits per heavy atom. The molecule has 6 nitrogen and oxygen atoms in total. The van der Waals surface area contributed by atoms with Crippen LogP contribution >= 0.6 is 0 Å². The molecule has 4 atom stereocenters. The van der Waals surface area contributed by atoms with Crippen molar-refractivity contribution in [2.24, 2.45) is 17.8 Å². The molecule has 0 spiro atoms. The van der Waals surface area contributed by atoms with Crippen LogP contribution in [0.15, 0.2) is 18.2 Å². The first-order valence-electron chi connectivity index (χ1n) is 11.3. The molecule has 5 rings (SSSR count). The van der Waals surface area contributed by atoms with E-state index in [1.54, 1.807) is 0 Å². The molecule has 1 aromatic rings. The summed E-state index contributed by atoms with van der Waals surface area (Å²) in [6, 6.07) is 6.21. The zero-order chi connectivity index (χ0) is 19.6. The molecule has 160 valence electrons. The number of nitrogens with zero attached hydrogens (tertiary/aromatic N) is 2. The molecule has 0 unspecified atom stereocenters. The van der Waals surface area contributed by atoms with Crippen molar-refractivity contribution < 1.29 is 19.3 Å². The van der Waals surface area contributed by atoms with E-state index in [-0.39, 0.29) is 6.10 Å². The van der Waals surface area contributed by atoms with Gasteiger partial charge in [0.2, 0.25) is 6.79 Å². The standard InChI is InChI=1S/C23H34N2O4/c26-21(15-27-14-20-10-17-1-3-19(20)9-17)13-25-7-5-24(6-8-25)12-18-2-4-22-23(11-18)29-16-28-22/h2,4,11,17,19-21,26H,1,3,5-10,12-16H2/t17-,19-,20-,21-/m1/s1. The fourth-order valence-electron chi connectivity index (χ4n) is 5.71. The quantitative estimate of drug-likeness (QED) is 0.720. The van der Waals surface area contributed by atoms with Gasteiger partial charge < -0.3 is 19.3 Å². The molecular formula is C23H34N2O4. The molecule has 6 heteroatoms. The van der Waals surface area contributed by atoms with E-state index in [1.165, 1.54) is 31.2 Å². The van der Waals surface area contributed by atoms with E-state index >= 15 is 0 Å². The van der Waals surface area contributed by atoms with E-state index in [1.807, 2.05) is 6.07 Å². The smallest absolute Gasteiger partial charge is 0.231 e. The molecule has 1 N–H and O–H groups in total. The Bertz CT molecular complexity index is 691. The monoisotopic (exact) mass is 402 g/mol. The molecule has 1 saturated heterocycles. The van der Waals surface area contributed by atoms with Gasteiger partial charge in [0.15, 0.2) is 11.5 Å². The predicted molar refractivity (Wildman–Crippen MR) is 110 cm³/mol. The third kappa shape index (κ3) is 4.71. The number of β-amino-alcohol motifs (C(OH)–C–C–N with tert-alkyl or cyclic N) is 1. The van der Waals surface area contributed by atoms with Crippen molar-refractivity contribution in [1.29, 1.82) is 0 Å². The molecule has 0 radical (unpaired) electrons. The lowest BCUT2D eigenvalue weighted by molar-refractivity contribution is -0.00897. The highest BCUT2D eigenvalue weighted by atomic mass is 16.7. The second kappa shape index (κ2) is 8.80. The molecule has 0 aromatic heterocycles. The van der Waals surface area contributed by atoms with Crippen LogP contribution in [0.25, 0.3) is 0 Å². The Kier molecular flexibility index (Phi) is 5.95. The Labute approximate surface area is 173 Å². The van der Waals surface area contributed by atoms with Crippen molar-refractivity contribution in [1.82, 2.24) is 9.80 Å². The maximum Gasteiger partial charge on any atom is 0.231 e. The summed E-state index contributed by atoms with van der Waals surface area (Å²) in [4.78, 5) is 4.83. The van der Waals surface area contributed by atoms with Gasteiger partial charge in [0.25, 0.3) is 0 Å². The third-order valence-electron chi connectivity index (χ3n) is 7.30. The predicted octanol–water partition coefficient (Wildman–Crippen LogP) is 2.35. The second-order valence-corrected chi connectivity index (χ2v) is 9.39. The van der Waals surface area contributed by atoms with Crippen LogP contribution in [-0.4, -0.2) is 73.7 Å². The lowest BCUT2D eigenvalue weighted by Gasteiger charge is -2.35. The fraction of sp³-hybridized carbons (Fsp3) is 0.739. The molecule has 2 aliphatic heterocycles. The highest BCUT2D eigenvalue weighted by Gasteiger charge is 2.39. The zero-order valence-electron chi connectivity index (χ0n) is 17.3. The normalized spacial score (nSPS) is 30.2. The topological polar surface area (TPSA) is 54.4 Å². The molecule has 2 bridgehead atoms. The Balaban J connectivity index is 0.989. The van der Waals surface area contributed by atoms with Crippen LogP contribution < -0.4 is 9.47 Å². The SMILES string of the molecule is O[C@@H](COC[C@H]1C[C@@H]2CC[C@@H]1C2)CN1CCN(Cc2ccc3c(c2)OCO3)CC1. The van der Waals surface area contributed by atoms with E-state index in [0.717, 1.165) is 68.6 Å². The van der Waals surface area contributed by atoms with Gasteiger partial charge in [-0.15, -0.1) is 0 Å². The number of hydrogen-bond acceptors (Lipinski definition) is 6. The van der Waals surface area contributed by atoms with E-state index in [4.69, 9.17) is 14.2 Å². The van der Waals surface area contributed by atoms with Crippen molar-refractivity contribution in [3.8, 4) is 11.5 Å². The molecule has 4 aliphatic rings. The number of aliphatic hydroxyl groups is 1. The molecule has 29 heavy (non-hydrogen) atoms. The van der Waals surface area contributed by atoms with Gasteiger partial charge in [0, 0.05) is 45.9 Å². The molecule has 2 saturated carbocycles. The average molecular weight is 403 g/mol. The van der Waals surface area contributed by atoms with E-state index in [9.17, 15) is 5.11 Å². The molecule has 2 heterocycles. The van der Waals surface area contributed by atoms with Crippen LogP contribution in [0.4, 0.5) is 0 Å². The summed E-state index contributed by atoms with van der Waals surface area (Å²) in [5, 5.41) is 10.4. The van der Waals surface area contributed by atoms with Crippen LogP contribution in [0.2, 0.25) is 0 Å². The number of hydrogen-bond donors (Lipinski definition) is 1. The summed E-state index contributed by atoms with van der Waals surface area (Å²) in [6.45, 7) is 7.33. The van der Waals surface area contributed by atoms with Crippen LogP contribution in [0, 0.1) is 17.8 Å². The Morgan fingerprint density at radius 2 is 1.86 bits per heavy atom. The van der Waals surface area contributed by atoms with Gasteiger partial charge in [-0.05, 0) is 54.7 Å². The molecule has 2 aliphatic carbocycles. The largest absolute Gasteiger partial charge is 0.454 e. The summed E-state index contributed by atoms with van der Waals surface area (Å²) >= 11 is 0. The number of piperazine rings is 1. The number of benzene rings is 1. The first-order chi connectivity index (χ1) is 14.2. The molecular weight excluding hydrogens is 368 g/mol. The maximum absolute atomic E-state index is 10.4. The van der Waals surface area contributed by atoms with Gasteiger partial charge in [-0.2, -0.15) is 0 Å². The fourth-order valence-corrected chi connectivity index (χ4v) is 5.71. The van der Waals surface area contributed by atoms with Crippen LogP contribution in [0.3, 0.4) is 0 Å². The minimum Gasteiger partial charge on any atom is -0.454 e. The maximum atomic E-state index is 10.4. The van der Waals surface area contributed by atoms with Crippen molar-refractivity contribution in [2.45, 2.75) is 38.3 Å². The van der Waals surface area contributed by atoms with E-state index in [2.05, 4.69) is 21.9 Å². The van der Waals surface area contributed by atoms with Crippen molar-refractivity contribution >= 4 is 0 Å². The number of aliphatic hydroxyl groups excluding tert-OH is 1. The van der Waals surface area contributed by atoms with Crippen LogP contribution in [0.1, 0.15) is 31.2 Å². The van der Waals surface area contributed by atoms with Gasteiger partial charge >= 0.3 is 0 Å². The summed E-state index contributed by atoms with van der Waals surface area (Å²) < 4.78 is 16.8. The minimum absolute atomic E-state index is 0.325. The summed E-state index contributed by atoms with van der Waals surface area (Å²) in [5.74, 6) is 4.31. The van der Waals surface area contributed by atoms with Crippen LogP contribution in [0.5, 0.6) is 11.5 Å². The van der Waals surface area contributed by atoms with Gasteiger partial charge in [0.05, 0.1) is 12.7 Å². The Morgan fingerprint density at radius 1 is 1.03 bits per heavy atom. The van der Waals surface area contributed by atoms with Gasteiger partial charge in [-0.25, -0.2) is 0 Å². The summed E-state index contributed by atoms with van der Waals surface area (Å²) in [6.07, 6.45) is 5.23. The highest BCUT2D eigenvalue weighted by Crippen LogP contribution is 2.48. The first-order valence-corrected chi connectivity index (χ1v) is 11.3. The number of rotatable bonds is 8. The van der Waals surface area contributed by atoms with E-state index < -0.39 is 0 Å². The zero-order valence-corrected chi connectivity index (χ0v) is 17.3. The lowest BCUT2D eigenvalue weighted by Crippen LogP contribution is -2.48. The molecule has 3 fully saturated rings. The van der Waals surface area contributed by atoms with Gasteiger partial charge in [-0.1, -0.05) is 12.5 Å². The van der Waals surface area contributed by atoms with Gasteiger partial charge in [-0.3, -0.25) is 9.80 Å². The highest BCUT2D eigenvalue weighted by molar-refractivity contribution is 5.44. The van der Waals surface area contributed by atoms with E-state index in [0.29, 0.717) is 19.9 Å². The van der Waals surface area contributed by atoms with Crippen molar-refractivity contribution in [2.75, 3.05) is 52.7 Å². The number of ether oxygens (including phenoxy) is 3. The third-order valence-corrected chi connectivity index (χ3v) is 7.30. The molecule has 1 aromatic carbocycles. The Hall–Kier alpha value is -1.34. The van der Waals surface area contributed by atoms with Gasteiger partial charge in [0.1, 0.15) is 0 Å². The van der Waals surface area contributed by atoms with Crippen LogP contribution in [-0.2, 0) is 11.3 Å². The lowest BCUT2D eigenvalue weighted by atomic mass is 9.90. The van der Waals surface area contributed by atoms with Crippen molar-refractivity contribution in [3.05, 3.63) is 23.8 Å². The summed E-state index contributed by atoms with van der Waals surface area (Å²) in [7, 11) is 0. The average Bonchev–Trinajstić information content (AvgIpc) is 3.46. The van der Waals surface area contributed by atoms with Crippen molar-refractivity contribution in [3.63, 3.8) is 0 Å². The summed E-state index contributed by atoms with van der Waals surface area (Å²) in [5.41, 5.74) is 1.26. The molecule has 0 amide bonds. The second-order valence-electron chi connectivity index (χ2n) is 9.39. The minimum atomic E-state index is -0.381. The first kappa shape index (κ1) is 19.6. The number of fused-ring (bicyclic) bond motifs is 3.